The number of aliphatic carboxylic acids is 1. The van der Waals surface area contributed by atoms with E-state index in [1.54, 1.807) is 0 Å². The van der Waals surface area contributed by atoms with Gasteiger partial charge in [0.15, 0.2) is 5.78 Å². The van der Waals surface area contributed by atoms with Crippen molar-refractivity contribution in [2.45, 2.75) is 32.2 Å². The highest BCUT2D eigenvalue weighted by atomic mass is 16.4. The molecular weight excluding hydrogens is 330 g/mol. The lowest BCUT2D eigenvalue weighted by Gasteiger charge is -2.19. The van der Waals surface area contributed by atoms with Crippen LogP contribution in [0.5, 0.6) is 0 Å². The Labute approximate surface area is 153 Å². The third-order valence-electron chi connectivity index (χ3n) is 4.14. The standard InChI is InChI=1S/C21H23NO4/c1-15(21(25)26)12-19(23)18(13-16-8-4-2-5-9-16)22-20(24)14-17-10-6-3-7-11-17/h2-11,15,18H,12-14H2,1H3,(H,22,24)(H,25,26)/t15-,18+/m0/s1. The predicted molar refractivity (Wildman–Crippen MR) is 98.6 cm³/mol. The molecule has 136 valence electrons. The molecule has 0 spiro atoms. The van der Waals surface area contributed by atoms with Crippen molar-refractivity contribution < 1.29 is 19.5 Å². The number of carboxylic acids is 1. The Hall–Kier alpha value is -2.95. The molecular formula is C21H23NO4. The minimum Gasteiger partial charge on any atom is -0.481 e. The predicted octanol–water partition coefficient (Wildman–Crippen LogP) is 2.64. The number of ketones is 1. The van der Waals surface area contributed by atoms with Crippen molar-refractivity contribution in [3.05, 3.63) is 71.8 Å². The topological polar surface area (TPSA) is 83.5 Å². The highest BCUT2D eigenvalue weighted by molar-refractivity contribution is 5.91. The summed E-state index contributed by atoms with van der Waals surface area (Å²) in [6.45, 7) is 1.49. The van der Waals surface area contributed by atoms with Crippen LogP contribution in [0.1, 0.15) is 24.5 Å². The second-order valence-corrected chi connectivity index (χ2v) is 6.38. The largest absolute Gasteiger partial charge is 0.481 e. The molecule has 0 aromatic heterocycles. The molecule has 2 aromatic rings. The van der Waals surface area contributed by atoms with Crippen molar-refractivity contribution in [3.8, 4) is 0 Å². The van der Waals surface area contributed by atoms with Crippen molar-refractivity contribution >= 4 is 17.7 Å². The summed E-state index contributed by atoms with van der Waals surface area (Å²) in [4.78, 5) is 36.0. The molecule has 0 heterocycles. The molecule has 2 atom stereocenters. The zero-order valence-corrected chi connectivity index (χ0v) is 14.7. The van der Waals surface area contributed by atoms with Crippen LogP contribution in [0.25, 0.3) is 0 Å². The summed E-state index contributed by atoms with van der Waals surface area (Å²) < 4.78 is 0. The van der Waals surface area contributed by atoms with E-state index in [1.807, 2.05) is 60.7 Å². The van der Waals surface area contributed by atoms with Gasteiger partial charge in [0, 0.05) is 6.42 Å². The molecule has 0 unspecified atom stereocenters. The Morgan fingerprint density at radius 3 is 2.00 bits per heavy atom. The van der Waals surface area contributed by atoms with Gasteiger partial charge in [-0.3, -0.25) is 14.4 Å². The van der Waals surface area contributed by atoms with Gasteiger partial charge in [-0.15, -0.1) is 0 Å². The minimum atomic E-state index is -1.02. The second kappa shape index (κ2) is 9.51. The van der Waals surface area contributed by atoms with Gasteiger partial charge in [0.1, 0.15) is 0 Å². The van der Waals surface area contributed by atoms with E-state index in [1.165, 1.54) is 6.92 Å². The maximum Gasteiger partial charge on any atom is 0.306 e. The molecule has 2 aromatic carbocycles. The fraction of sp³-hybridized carbons (Fsp3) is 0.286. The van der Waals surface area contributed by atoms with E-state index < -0.39 is 17.9 Å². The molecule has 26 heavy (non-hydrogen) atoms. The lowest BCUT2D eigenvalue weighted by Crippen LogP contribution is -2.43. The van der Waals surface area contributed by atoms with Gasteiger partial charge in [0.25, 0.3) is 0 Å². The molecule has 0 aliphatic rings. The average Bonchev–Trinajstić information content (AvgIpc) is 2.62. The van der Waals surface area contributed by atoms with Crippen LogP contribution in [0.3, 0.4) is 0 Å². The summed E-state index contributed by atoms with van der Waals surface area (Å²) in [6, 6.07) is 17.9. The van der Waals surface area contributed by atoms with Gasteiger partial charge in [0.2, 0.25) is 5.91 Å². The molecule has 2 rings (SSSR count). The first kappa shape index (κ1) is 19.4. The van der Waals surface area contributed by atoms with Crippen LogP contribution in [-0.2, 0) is 27.2 Å². The molecule has 2 N–H and O–H groups in total. The van der Waals surface area contributed by atoms with Gasteiger partial charge in [-0.05, 0) is 17.5 Å². The van der Waals surface area contributed by atoms with E-state index in [-0.39, 0.29) is 24.5 Å². The fourth-order valence-electron chi connectivity index (χ4n) is 2.65. The lowest BCUT2D eigenvalue weighted by atomic mass is 9.95. The molecule has 5 nitrogen and oxygen atoms in total. The zero-order chi connectivity index (χ0) is 18.9. The SMILES string of the molecule is C[C@@H](CC(=O)[C@@H](Cc1ccccc1)NC(=O)Cc1ccccc1)C(=O)O. The van der Waals surface area contributed by atoms with Gasteiger partial charge in [0.05, 0.1) is 18.4 Å². The molecule has 0 bridgehead atoms. The Morgan fingerprint density at radius 1 is 0.923 bits per heavy atom. The summed E-state index contributed by atoms with van der Waals surface area (Å²) in [5.41, 5.74) is 1.77. The summed E-state index contributed by atoms with van der Waals surface area (Å²) in [6.07, 6.45) is 0.402. The third kappa shape index (κ3) is 6.16. The Kier molecular flexibility index (Phi) is 7.09. The number of hydrogen-bond acceptors (Lipinski definition) is 3. The minimum absolute atomic E-state index is 0.113. The molecule has 1 amide bonds. The number of carboxylic acid groups (broad SMARTS) is 1. The van der Waals surface area contributed by atoms with E-state index in [2.05, 4.69) is 5.32 Å². The van der Waals surface area contributed by atoms with Crippen LogP contribution in [-0.4, -0.2) is 28.8 Å². The number of Topliss-reactive ketones (excluding diaryl/α,β-unsaturated/α-hetero) is 1. The third-order valence-corrected chi connectivity index (χ3v) is 4.14. The van der Waals surface area contributed by atoms with Gasteiger partial charge in [-0.1, -0.05) is 67.6 Å². The van der Waals surface area contributed by atoms with Crippen molar-refractivity contribution in [2.24, 2.45) is 5.92 Å². The lowest BCUT2D eigenvalue weighted by molar-refractivity contribution is -0.143. The number of nitrogens with one attached hydrogen (secondary N) is 1. The first-order chi connectivity index (χ1) is 12.5. The Bertz CT molecular complexity index is 743. The monoisotopic (exact) mass is 353 g/mol. The average molecular weight is 353 g/mol. The number of amides is 1. The number of carbonyl (C=O) groups excluding carboxylic acids is 2. The highest BCUT2D eigenvalue weighted by Gasteiger charge is 2.25. The Morgan fingerprint density at radius 2 is 1.46 bits per heavy atom. The van der Waals surface area contributed by atoms with E-state index >= 15 is 0 Å². The van der Waals surface area contributed by atoms with E-state index in [0.717, 1.165) is 11.1 Å². The van der Waals surface area contributed by atoms with Crippen LogP contribution in [0.2, 0.25) is 0 Å². The first-order valence-electron chi connectivity index (χ1n) is 8.58. The molecule has 0 aliphatic heterocycles. The molecule has 0 saturated carbocycles. The van der Waals surface area contributed by atoms with Crippen molar-refractivity contribution in [2.75, 3.05) is 0 Å². The van der Waals surface area contributed by atoms with Crippen molar-refractivity contribution in [3.63, 3.8) is 0 Å². The molecule has 0 fully saturated rings. The van der Waals surface area contributed by atoms with Crippen LogP contribution < -0.4 is 5.32 Å². The van der Waals surface area contributed by atoms with Gasteiger partial charge < -0.3 is 10.4 Å². The summed E-state index contributed by atoms with van der Waals surface area (Å²) >= 11 is 0. The fourth-order valence-corrected chi connectivity index (χ4v) is 2.65. The normalized spacial score (nSPS) is 12.8. The van der Waals surface area contributed by atoms with E-state index in [4.69, 9.17) is 5.11 Å². The van der Waals surface area contributed by atoms with E-state index in [9.17, 15) is 14.4 Å². The maximum absolute atomic E-state index is 12.6. The molecule has 5 heteroatoms. The van der Waals surface area contributed by atoms with Gasteiger partial charge in [-0.25, -0.2) is 0 Å². The van der Waals surface area contributed by atoms with Gasteiger partial charge >= 0.3 is 5.97 Å². The number of benzene rings is 2. The van der Waals surface area contributed by atoms with Crippen LogP contribution in [0, 0.1) is 5.92 Å². The van der Waals surface area contributed by atoms with Crippen LogP contribution >= 0.6 is 0 Å². The quantitative estimate of drug-likeness (QED) is 0.726. The number of rotatable bonds is 9. The molecule has 0 radical (unpaired) electrons. The van der Waals surface area contributed by atoms with Crippen LogP contribution in [0.15, 0.2) is 60.7 Å². The van der Waals surface area contributed by atoms with Gasteiger partial charge in [-0.2, -0.15) is 0 Å². The van der Waals surface area contributed by atoms with Crippen molar-refractivity contribution in [1.82, 2.24) is 5.32 Å². The number of hydrogen-bond donors (Lipinski definition) is 2. The Balaban J connectivity index is 2.07. The number of carbonyl (C=O) groups is 3. The second-order valence-electron chi connectivity index (χ2n) is 6.38. The maximum atomic E-state index is 12.6. The smallest absolute Gasteiger partial charge is 0.306 e. The van der Waals surface area contributed by atoms with Crippen molar-refractivity contribution in [1.29, 1.82) is 0 Å². The molecule has 0 aliphatic carbocycles. The summed E-state index contributed by atoms with van der Waals surface area (Å²) in [5, 5.41) is 11.8. The van der Waals surface area contributed by atoms with Crippen LogP contribution in [0.4, 0.5) is 0 Å². The zero-order valence-electron chi connectivity index (χ0n) is 14.7. The molecule has 0 saturated heterocycles. The highest BCUT2D eigenvalue weighted by Crippen LogP contribution is 2.11. The first-order valence-corrected chi connectivity index (χ1v) is 8.58. The van der Waals surface area contributed by atoms with E-state index in [0.29, 0.717) is 6.42 Å². The summed E-state index contributed by atoms with van der Waals surface area (Å²) in [5.74, 6) is -2.34. The summed E-state index contributed by atoms with van der Waals surface area (Å²) in [7, 11) is 0.